The Morgan fingerprint density at radius 3 is 2.39 bits per heavy atom. The molecule has 3 amide bonds. The van der Waals surface area contributed by atoms with Gasteiger partial charge in [-0.15, -0.1) is 11.3 Å². The average Bonchev–Trinajstić information content (AvgIpc) is 3.67. The molecular formula is C45H70ClN5O7S. The van der Waals surface area contributed by atoms with Gasteiger partial charge in [-0.1, -0.05) is 90.5 Å². The van der Waals surface area contributed by atoms with E-state index in [9.17, 15) is 29.1 Å². The number of amides is 3. The number of likely N-dealkylation sites (N-methyl/N-ethyl adjacent to an activating group) is 1. The second-order valence-corrected chi connectivity index (χ2v) is 18.8. The lowest BCUT2D eigenvalue weighted by Gasteiger charge is -2.40. The van der Waals surface area contributed by atoms with E-state index in [1.54, 1.807) is 19.2 Å². The third-order valence-electron chi connectivity index (χ3n) is 11.7. The monoisotopic (exact) mass is 859 g/mol. The first-order valence-electron chi connectivity index (χ1n) is 21.5. The minimum absolute atomic E-state index is 0.0581. The van der Waals surface area contributed by atoms with Crippen molar-refractivity contribution in [2.24, 2.45) is 17.3 Å². The number of ether oxygens (including phenoxy) is 1. The number of hydrogen-bond donors (Lipinski definition) is 3. The Hall–Kier alpha value is -3.55. The van der Waals surface area contributed by atoms with E-state index in [0.29, 0.717) is 29.4 Å². The molecule has 1 fully saturated rings. The van der Waals surface area contributed by atoms with E-state index < -0.39 is 41.4 Å². The second-order valence-electron chi connectivity index (χ2n) is 17.5. The molecule has 14 heteroatoms. The van der Waals surface area contributed by atoms with Crippen molar-refractivity contribution in [2.75, 3.05) is 20.1 Å². The molecule has 0 bridgehead atoms. The minimum atomic E-state index is -1.13. The molecule has 0 spiro atoms. The number of esters is 1. The first kappa shape index (κ1) is 49.8. The molecule has 330 valence electrons. The fourth-order valence-corrected chi connectivity index (χ4v) is 8.81. The van der Waals surface area contributed by atoms with Gasteiger partial charge in [0.2, 0.25) is 11.8 Å². The number of hydrogen-bond acceptors (Lipinski definition) is 9. The number of halogens is 1. The van der Waals surface area contributed by atoms with Crippen LogP contribution in [-0.2, 0) is 30.3 Å². The SMILES string of the molecule is CCCCCCN(C(=O)[C@@H](NC(=O)[C@H]1CCCCN1C)[C@@H](C)CC)[C@H](C[C@@H](OC(C)=O)c1nc(C(=O)N[C@@H](Cc2ccc(C)c(Cl)c2)CC(C)(C)C(=O)O)cs1)C(C)C. The van der Waals surface area contributed by atoms with Gasteiger partial charge in [0.05, 0.1) is 11.5 Å². The summed E-state index contributed by atoms with van der Waals surface area (Å²) >= 11 is 7.60. The number of nitrogens with one attached hydrogen (secondary N) is 2. The van der Waals surface area contributed by atoms with E-state index in [4.69, 9.17) is 16.3 Å². The Kier molecular flexibility index (Phi) is 19.8. The average molecular weight is 861 g/mol. The Morgan fingerprint density at radius 2 is 1.80 bits per heavy atom. The standard InChI is InChI=1S/C45H70ClN5O7S/c1-11-13-14-16-22-51(43(55)39(29(5)12-2)49-41(54)36-18-15-17-21-50(36)10)37(28(3)4)25-38(58-31(7)52)42-48-35(27-59-42)40(53)47-33(26-45(8,9)44(56)57)23-32-20-19-30(6)34(46)24-32/h19-20,24,27-29,33,36-39H,11-18,21-23,25-26H2,1-10H3,(H,47,53)(H,49,54)(H,56,57)/t29-,33-,36+,37+,38+,39-/m0/s1. The summed E-state index contributed by atoms with van der Waals surface area (Å²) in [5, 5.41) is 18.7. The smallest absolute Gasteiger partial charge is 0.309 e. The summed E-state index contributed by atoms with van der Waals surface area (Å²) in [5.74, 6) is -2.43. The van der Waals surface area contributed by atoms with Crippen molar-refractivity contribution in [1.29, 1.82) is 0 Å². The molecule has 59 heavy (non-hydrogen) atoms. The molecule has 1 aromatic heterocycles. The number of carboxylic acid groups (broad SMARTS) is 1. The van der Waals surface area contributed by atoms with Gasteiger partial charge in [-0.3, -0.25) is 28.9 Å². The van der Waals surface area contributed by atoms with Gasteiger partial charge in [0.25, 0.3) is 5.91 Å². The predicted octanol–water partition coefficient (Wildman–Crippen LogP) is 8.39. The van der Waals surface area contributed by atoms with Gasteiger partial charge in [-0.25, -0.2) is 4.98 Å². The summed E-state index contributed by atoms with van der Waals surface area (Å²) in [5.41, 5.74) is 0.746. The maximum Gasteiger partial charge on any atom is 0.309 e. The molecule has 0 unspecified atom stereocenters. The molecule has 2 aromatic rings. The zero-order valence-electron chi connectivity index (χ0n) is 37.1. The first-order valence-corrected chi connectivity index (χ1v) is 22.8. The number of aliphatic carboxylic acids is 1. The van der Waals surface area contributed by atoms with E-state index in [-0.39, 0.29) is 54.3 Å². The van der Waals surface area contributed by atoms with Crippen LogP contribution in [0, 0.1) is 24.2 Å². The van der Waals surface area contributed by atoms with E-state index in [1.165, 1.54) is 18.3 Å². The lowest BCUT2D eigenvalue weighted by atomic mass is 9.84. The van der Waals surface area contributed by atoms with Crippen LogP contribution in [0.1, 0.15) is 152 Å². The lowest BCUT2D eigenvalue weighted by molar-refractivity contribution is -0.150. The highest BCUT2D eigenvalue weighted by Gasteiger charge is 2.39. The molecule has 1 aliphatic heterocycles. The number of aromatic nitrogens is 1. The number of aryl methyl sites for hydroxylation is 1. The maximum absolute atomic E-state index is 14.9. The largest absolute Gasteiger partial charge is 0.481 e. The van der Waals surface area contributed by atoms with Crippen LogP contribution >= 0.6 is 22.9 Å². The summed E-state index contributed by atoms with van der Waals surface area (Å²) in [6.07, 6.45) is 7.12. The highest BCUT2D eigenvalue weighted by Crippen LogP contribution is 2.33. The van der Waals surface area contributed by atoms with Gasteiger partial charge < -0.3 is 25.4 Å². The van der Waals surface area contributed by atoms with Crippen LogP contribution in [0.4, 0.5) is 0 Å². The van der Waals surface area contributed by atoms with E-state index in [1.807, 2.05) is 64.8 Å². The molecule has 12 nitrogen and oxygen atoms in total. The predicted molar refractivity (Wildman–Crippen MR) is 235 cm³/mol. The molecule has 2 heterocycles. The number of carboxylic acids is 1. The van der Waals surface area contributed by atoms with Crippen LogP contribution in [-0.4, -0.2) is 93.9 Å². The Balaban J connectivity index is 1.95. The molecule has 1 aromatic carbocycles. The summed E-state index contributed by atoms with van der Waals surface area (Å²) in [7, 11) is 1.96. The topological polar surface area (TPSA) is 158 Å². The van der Waals surface area contributed by atoms with Gasteiger partial charge >= 0.3 is 11.9 Å². The van der Waals surface area contributed by atoms with Crippen LogP contribution in [0.5, 0.6) is 0 Å². The molecule has 0 aliphatic carbocycles. The van der Waals surface area contributed by atoms with Gasteiger partial charge in [-0.05, 0) is 95.5 Å². The molecule has 0 saturated carbocycles. The van der Waals surface area contributed by atoms with E-state index >= 15 is 0 Å². The molecule has 6 atom stereocenters. The van der Waals surface area contributed by atoms with Gasteiger partial charge in [-0.2, -0.15) is 0 Å². The van der Waals surface area contributed by atoms with E-state index in [0.717, 1.165) is 62.6 Å². The molecule has 1 saturated heterocycles. The quantitative estimate of drug-likeness (QED) is 0.0738. The molecule has 3 rings (SSSR count). The summed E-state index contributed by atoms with van der Waals surface area (Å²) in [4.78, 5) is 75.9. The number of nitrogens with zero attached hydrogens (tertiary/aromatic N) is 3. The van der Waals surface area contributed by atoms with Crippen LogP contribution in [0.3, 0.4) is 0 Å². The van der Waals surface area contributed by atoms with Crippen LogP contribution < -0.4 is 10.6 Å². The molecular weight excluding hydrogens is 790 g/mol. The fraction of sp³-hybridized carbons (Fsp3) is 0.689. The Morgan fingerprint density at radius 1 is 1.08 bits per heavy atom. The first-order chi connectivity index (χ1) is 27.8. The summed E-state index contributed by atoms with van der Waals surface area (Å²) in [6, 6.07) is 3.67. The number of unbranched alkanes of at least 4 members (excludes halogenated alkanes) is 3. The fourth-order valence-electron chi connectivity index (χ4n) is 7.77. The number of thiazole rings is 1. The van der Waals surface area contributed by atoms with Crippen molar-refractivity contribution in [2.45, 2.75) is 163 Å². The third kappa shape index (κ3) is 14.8. The molecule has 1 aliphatic rings. The van der Waals surface area contributed by atoms with Crippen molar-refractivity contribution >= 4 is 52.6 Å². The number of carbonyl (C=O) groups excluding carboxylic acids is 4. The third-order valence-corrected chi connectivity index (χ3v) is 13.1. The number of carbonyl (C=O) groups is 5. The Bertz CT molecular complexity index is 1720. The van der Waals surface area contributed by atoms with Crippen molar-refractivity contribution in [3.63, 3.8) is 0 Å². The van der Waals surface area contributed by atoms with Crippen LogP contribution in [0.25, 0.3) is 0 Å². The lowest BCUT2D eigenvalue weighted by Crippen LogP contribution is -2.59. The van der Waals surface area contributed by atoms with Crippen molar-refractivity contribution < 1.29 is 33.8 Å². The van der Waals surface area contributed by atoms with Crippen LogP contribution in [0.2, 0.25) is 5.02 Å². The van der Waals surface area contributed by atoms with Crippen LogP contribution in [0.15, 0.2) is 23.6 Å². The number of rotatable bonds is 23. The zero-order valence-corrected chi connectivity index (χ0v) is 38.6. The number of likely N-dealkylation sites (tertiary alicyclic amines) is 1. The maximum atomic E-state index is 14.9. The van der Waals surface area contributed by atoms with Gasteiger partial charge in [0.1, 0.15) is 16.7 Å². The second kappa shape index (κ2) is 23.4. The van der Waals surface area contributed by atoms with E-state index in [2.05, 4.69) is 27.4 Å². The van der Waals surface area contributed by atoms with Crippen molar-refractivity contribution in [3.05, 3.63) is 50.4 Å². The molecule has 3 N–H and O–H groups in total. The summed E-state index contributed by atoms with van der Waals surface area (Å²) < 4.78 is 5.93. The summed E-state index contributed by atoms with van der Waals surface area (Å²) in [6.45, 7) is 18.0. The molecule has 0 radical (unpaired) electrons. The van der Waals surface area contributed by atoms with Gasteiger partial charge in [0, 0.05) is 42.4 Å². The normalized spacial score (nSPS) is 17.4. The zero-order chi connectivity index (χ0) is 44.0. The number of piperidine rings is 1. The Labute approximate surface area is 361 Å². The van der Waals surface area contributed by atoms with Crippen molar-refractivity contribution in [1.82, 2.24) is 25.4 Å². The number of benzene rings is 1. The highest BCUT2D eigenvalue weighted by molar-refractivity contribution is 7.09. The highest BCUT2D eigenvalue weighted by atomic mass is 35.5. The minimum Gasteiger partial charge on any atom is -0.481 e. The van der Waals surface area contributed by atoms with Crippen molar-refractivity contribution in [3.8, 4) is 0 Å². The van der Waals surface area contributed by atoms with Gasteiger partial charge in [0.15, 0.2) is 6.10 Å².